The van der Waals surface area contributed by atoms with Gasteiger partial charge < -0.3 is 19.7 Å². The molecule has 26 heavy (non-hydrogen) atoms. The molecular weight excluding hydrogens is 339 g/mol. The normalized spacial score (nSPS) is 18.5. The Morgan fingerprint density at radius 1 is 1.23 bits per heavy atom. The van der Waals surface area contributed by atoms with Crippen LogP contribution in [0, 0.1) is 12.7 Å². The third-order valence-corrected chi connectivity index (χ3v) is 5.43. The van der Waals surface area contributed by atoms with Gasteiger partial charge in [-0.3, -0.25) is 4.79 Å². The number of carboxylic acids is 1. The molecule has 0 spiro atoms. The molecule has 1 aromatic heterocycles. The van der Waals surface area contributed by atoms with Gasteiger partial charge in [-0.05, 0) is 44.2 Å². The van der Waals surface area contributed by atoms with Crippen LogP contribution in [0.5, 0.6) is 0 Å². The molecule has 0 atom stereocenters. The predicted octanol–water partition coefficient (Wildman–Crippen LogP) is 2.44. The average Bonchev–Trinajstić information content (AvgIpc) is 3.42. The molecule has 0 radical (unpaired) electrons. The fourth-order valence-electron chi connectivity index (χ4n) is 3.94. The van der Waals surface area contributed by atoms with Gasteiger partial charge in [-0.15, -0.1) is 0 Å². The number of benzene rings is 1. The molecule has 2 N–H and O–H groups in total. The second-order valence-corrected chi connectivity index (χ2v) is 7.26. The number of halogens is 1. The largest absolute Gasteiger partial charge is 0.477 e. The molecule has 0 amide bonds. The number of aliphatic hydroxyl groups is 1. The number of anilines is 1. The number of rotatable bonds is 3. The van der Waals surface area contributed by atoms with Gasteiger partial charge in [-0.1, -0.05) is 0 Å². The molecule has 2 aliphatic rings. The predicted molar refractivity (Wildman–Crippen MR) is 95.6 cm³/mol. The van der Waals surface area contributed by atoms with Crippen LogP contribution in [0.3, 0.4) is 0 Å². The monoisotopic (exact) mass is 360 g/mol. The quantitative estimate of drug-likeness (QED) is 0.879. The standard InChI is InChI=1S/C19H21FN2O4/c1-10-16-13(8-15(20)17(10)21-6-4-12(23)5-7-21)18(24)14(19(25)26)9-22(16)11-2-3-11/h8-9,11-12,23H,2-7H2,1H3,(H,25,26). The minimum Gasteiger partial charge on any atom is -0.477 e. The van der Waals surface area contributed by atoms with E-state index in [0.29, 0.717) is 42.7 Å². The van der Waals surface area contributed by atoms with Crippen LogP contribution in [0.25, 0.3) is 10.9 Å². The Morgan fingerprint density at radius 2 is 1.88 bits per heavy atom. The molecule has 4 rings (SSSR count). The molecule has 2 fully saturated rings. The van der Waals surface area contributed by atoms with Crippen LogP contribution in [0.1, 0.15) is 47.6 Å². The van der Waals surface area contributed by atoms with Crippen LogP contribution < -0.4 is 10.3 Å². The zero-order chi connectivity index (χ0) is 18.6. The highest BCUT2D eigenvalue weighted by molar-refractivity contribution is 5.95. The smallest absolute Gasteiger partial charge is 0.341 e. The van der Waals surface area contributed by atoms with Crippen molar-refractivity contribution in [3.05, 3.63) is 39.4 Å². The van der Waals surface area contributed by atoms with Crippen molar-refractivity contribution in [2.75, 3.05) is 18.0 Å². The summed E-state index contributed by atoms with van der Waals surface area (Å²) >= 11 is 0. The Labute approximate surface area is 149 Å². The highest BCUT2D eigenvalue weighted by atomic mass is 19.1. The number of piperidine rings is 1. The molecule has 0 bridgehead atoms. The minimum absolute atomic E-state index is 0.118. The summed E-state index contributed by atoms with van der Waals surface area (Å²) in [6.45, 7) is 2.88. The van der Waals surface area contributed by atoms with Gasteiger partial charge in [0.25, 0.3) is 0 Å². The van der Waals surface area contributed by atoms with Gasteiger partial charge in [-0.2, -0.15) is 0 Å². The van der Waals surface area contributed by atoms with Gasteiger partial charge >= 0.3 is 5.97 Å². The third-order valence-electron chi connectivity index (χ3n) is 5.43. The number of pyridine rings is 1. The zero-order valence-electron chi connectivity index (χ0n) is 14.5. The van der Waals surface area contributed by atoms with Crippen LogP contribution >= 0.6 is 0 Å². The van der Waals surface area contributed by atoms with Crippen molar-refractivity contribution in [3.63, 3.8) is 0 Å². The van der Waals surface area contributed by atoms with Gasteiger partial charge in [0.05, 0.1) is 17.3 Å². The number of fused-ring (bicyclic) bond motifs is 1. The van der Waals surface area contributed by atoms with Crippen LogP contribution in [-0.4, -0.2) is 39.9 Å². The molecule has 1 saturated heterocycles. The first-order chi connectivity index (χ1) is 12.4. The second kappa shape index (κ2) is 6.09. The molecule has 1 aliphatic carbocycles. The number of carbonyl (C=O) groups is 1. The highest BCUT2D eigenvalue weighted by Gasteiger charge is 2.30. The summed E-state index contributed by atoms with van der Waals surface area (Å²) in [5.41, 5.74) is 0.743. The first-order valence-corrected chi connectivity index (χ1v) is 8.92. The van der Waals surface area contributed by atoms with Crippen LogP contribution in [0.4, 0.5) is 10.1 Å². The van der Waals surface area contributed by atoms with Crippen molar-refractivity contribution in [1.29, 1.82) is 0 Å². The number of aromatic nitrogens is 1. The van der Waals surface area contributed by atoms with Crippen molar-refractivity contribution in [3.8, 4) is 0 Å². The van der Waals surface area contributed by atoms with Gasteiger partial charge in [0.2, 0.25) is 5.43 Å². The van der Waals surface area contributed by atoms with E-state index < -0.39 is 17.2 Å². The van der Waals surface area contributed by atoms with E-state index in [-0.39, 0.29) is 23.1 Å². The molecule has 138 valence electrons. The first kappa shape index (κ1) is 17.0. The fraction of sp³-hybridized carbons (Fsp3) is 0.474. The van der Waals surface area contributed by atoms with E-state index in [2.05, 4.69) is 0 Å². The lowest BCUT2D eigenvalue weighted by Gasteiger charge is -2.33. The van der Waals surface area contributed by atoms with Crippen molar-refractivity contribution in [1.82, 2.24) is 4.57 Å². The lowest BCUT2D eigenvalue weighted by atomic mass is 10.0. The van der Waals surface area contributed by atoms with E-state index in [1.54, 1.807) is 6.92 Å². The summed E-state index contributed by atoms with van der Waals surface area (Å²) in [5.74, 6) is -1.81. The molecular formula is C19H21FN2O4. The van der Waals surface area contributed by atoms with E-state index in [1.807, 2.05) is 9.47 Å². The summed E-state index contributed by atoms with van der Waals surface area (Å²) in [6.07, 6.45) is 4.02. The molecule has 1 aromatic carbocycles. The third kappa shape index (κ3) is 2.67. The van der Waals surface area contributed by atoms with E-state index in [4.69, 9.17) is 0 Å². The van der Waals surface area contributed by atoms with Gasteiger partial charge in [0, 0.05) is 30.7 Å². The van der Waals surface area contributed by atoms with Crippen molar-refractivity contribution in [2.45, 2.75) is 44.8 Å². The maximum Gasteiger partial charge on any atom is 0.341 e. The van der Waals surface area contributed by atoms with Gasteiger partial charge in [0.1, 0.15) is 11.4 Å². The van der Waals surface area contributed by atoms with Gasteiger partial charge in [-0.25, -0.2) is 9.18 Å². The maximum atomic E-state index is 14.9. The summed E-state index contributed by atoms with van der Waals surface area (Å²) < 4.78 is 16.8. The highest BCUT2D eigenvalue weighted by Crippen LogP contribution is 2.40. The Hall–Kier alpha value is -2.41. The number of aryl methyl sites for hydroxylation is 1. The average molecular weight is 360 g/mol. The Kier molecular flexibility index (Phi) is 3.99. The molecule has 2 heterocycles. The van der Waals surface area contributed by atoms with E-state index in [1.165, 1.54) is 12.3 Å². The van der Waals surface area contributed by atoms with Crippen LogP contribution in [0.2, 0.25) is 0 Å². The van der Waals surface area contributed by atoms with E-state index >= 15 is 0 Å². The molecule has 1 aliphatic heterocycles. The summed E-state index contributed by atoms with van der Waals surface area (Å²) in [6, 6.07) is 1.33. The van der Waals surface area contributed by atoms with E-state index in [9.17, 15) is 24.2 Å². The van der Waals surface area contributed by atoms with Crippen molar-refractivity contribution in [2.24, 2.45) is 0 Å². The molecule has 2 aromatic rings. The summed E-state index contributed by atoms with van der Waals surface area (Å²) in [5, 5.41) is 19.2. The Balaban J connectivity index is 1.97. The minimum atomic E-state index is -1.29. The lowest BCUT2D eigenvalue weighted by Crippen LogP contribution is -2.37. The van der Waals surface area contributed by atoms with Crippen molar-refractivity contribution < 1.29 is 19.4 Å². The summed E-state index contributed by atoms with van der Waals surface area (Å²) in [7, 11) is 0. The van der Waals surface area contributed by atoms with Crippen LogP contribution in [-0.2, 0) is 0 Å². The number of hydrogen-bond donors (Lipinski definition) is 2. The Bertz CT molecular complexity index is 956. The fourth-order valence-corrected chi connectivity index (χ4v) is 3.94. The molecule has 0 unspecified atom stereocenters. The van der Waals surface area contributed by atoms with Crippen molar-refractivity contribution >= 4 is 22.6 Å². The summed E-state index contributed by atoms with van der Waals surface area (Å²) in [4.78, 5) is 25.9. The molecule has 1 saturated carbocycles. The van der Waals surface area contributed by atoms with Crippen LogP contribution in [0.15, 0.2) is 17.1 Å². The van der Waals surface area contributed by atoms with Gasteiger partial charge in [0.15, 0.2) is 0 Å². The van der Waals surface area contributed by atoms with E-state index in [0.717, 1.165) is 12.8 Å². The zero-order valence-corrected chi connectivity index (χ0v) is 14.5. The number of hydrogen-bond acceptors (Lipinski definition) is 4. The topological polar surface area (TPSA) is 82.8 Å². The Morgan fingerprint density at radius 3 is 2.46 bits per heavy atom. The maximum absolute atomic E-state index is 14.9. The number of aromatic carboxylic acids is 1. The number of nitrogens with zero attached hydrogens (tertiary/aromatic N) is 2. The molecule has 7 heteroatoms. The lowest BCUT2D eigenvalue weighted by molar-refractivity contribution is 0.0694. The first-order valence-electron chi connectivity index (χ1n) is 8.92. The molecule has 6 nitrogen and oxygen atoms in total. The second-order valence-electron chi connectivity index (χ2n) is 7.26. The SMILES string of the molecule is Cc1c(N2CCC(O)CC2)c(F)cc2c(=O)c(C(=O)O)cn(C3CC3)c12. The number of carboxylic acid groups (broad SMARTS) is 1. The number of aliphatic hydroxyl groups excluding tert-OH is 1.